The average molecular weight is 668 g/mol. The van der Waals surface area contributed by atoms with Gasteiger partial charge in [0.05, 0.1) is 22.1 Å². The predicted octanol–water partition coefficient (Wildman–Crippen LogP) is 12.4. The highest BCUT2D eigenvalue weighted by molar-refractivity contribution is 6.18. The van der Waals surface area contributed by atoms with Gasteiger partial charge in [0.1, 0.15) is 5.82 Å². The summed E-state index contributed by atoms with van der Waals surface area (Å²) in [5, 5.41) is 2.60. The summed E-state index contributed by atoms with van der Waals surface area (Å²) in [6.07, 6.45) is 0. The molecule has 0 aliphatic heterocycles. The molecule has 9 aromatic rings. The molecule has 2 heterocycles. The van der Waals surface area contributed by atoms with Gasteiger partial charge in [-0.25, -0.2) is 4.98 Å². The van der Waals surface area contributed by atoms with Crippen LogP contribution in [0.25, 0.3) is 77.9 Å². The zero-order valence-corrected chi connectivity index (χ0v) is 29.8. The van der Waals surface area contributed by atoms with Crippen LogP contribution in [0.2, 0.25) is 0 Å². The monoisotopic (exact) mass is 667 g/mol. The topological polar surface area (TPSA) is 22.8 Å². The smallest absolute Gasteiger partial charge is 0.145 e. The van der Waals surface area contributed by atoms with E-state index in [0.717, 1.165) is 33.8 Å². The van der Waals surface area contributed by atoms with E-state index in [9.17, 15) is 0 Å². The van der Waals surface area contributed by atoms with Crippen LogP contribution < -0.4 is 0 Å². The second kappa shape index (κ2) is 10.2. The van der Waals surface area contributed by atoms with Crippen LogP contribution in [-0.2, 0) is 10.8 Å². The quantitative estimate of drug-likeness (QED) is 0.184. The molecule has 248 valence electrons. The SMILES string of the molecule is CC1(C)c2ccccc2-c2c1ccc1c3ccc4c(c3n(-c3ccc(-c5nc6ccccc6n5-c5ccccc5)cc3)c21)C(C)(C)c1ccccc1-4. The third-order valence-electron chi connectivity index (χ3n) is 12.1. The molecule has 0 radical (unpaired) electrons. The molecular weight excluding hydrogens is 631 g/mol. The van der Waals surface area contributed by atoms with E-state index in [1.807, 2.05) is 0 Å². The van der Waals surface area contributed by atoms with E-state index >= 15 is 0 Å². The minimum absolute atomic E-state index is 0.0980. The van der Waals surface area contributed by atoms with Crippen molar-refractivity contribution in [1.82, 2.24) is 14.1 Å². The van der Waals surface area contributed by atoms with Crippen LogP contribution >= 0.6 is 0 Å². The Morgan fingerprint density at radius 2 is 1.06 bits per heavy atom. The van der Waals surface area contributed by atoms with Gasteiger partial charge in [-0.05, 0) is 87.5 Å². The number of para-hydroxylation sites is 3. The van der Waals surface area contributed by atoms with Gasteiger partial charge in [0.25, 0.3) is 0 Å². The van der Waals surface area contributed by atoms with Crippen LogP contribution in [0.1, 0.15) is 49.9 Å². The first-order valence-corrected chi connectivity index (χ1v) is 18.3. The molecular formula is C49H37N3. The van der Waals surface area contributed by atoms with E-state index in [0.29, 0.717) is 0 Å². The first-order valence-electron chi connectivity index (χ1n) is 18.3. The summed E-state index contributed by atoms with van der Waals surface area (Å²) in [5.41, 5.74) is 18.7. The first kappa shape index (κ1) is 29.5. The Balaban J connectivity index is 1.23. The zero-order valence-electron chi connectivity index (χ0n) is 29.8. The van der Waals surface area contributed by atoms with Crippen molar-refractivity contribution in [3.8, 4) is 45.0 Å². The summed E-state index contributed by atoms with van der Waals surface area (Å²) in [6, 6.07) is 55.7. The Labute approximate surface area is 303 Å². The molecule has 2 aliphatic rings. The van der Waals surface area contributed by atoms with Gasteiger partial charge in [0.2, 0.25) is 0 Å². The number of nitrogens with zero attached hydrogens (tertiary/aromatic N) is 3. The van der Waals surface area contributed by atoms with Crippen molar-refractivity contribution in [2.24, 2.45) is 0 Å². The minimum atomic E-state index is -0.168. The lowest BCUT2D eigenvalue weighted by Gasteiger charge is -2.24. The lowest BCUT2D eigenvalue weighted by molar-refractivity contribution is 0.660. The fraction of sp³-hybridized carbons (Fsp3) is 0.122. The maximum absolute atomic E-state index is 5.19. The van der Waals surface area contributed by atoms with Gasteiger partial charge in [-0.15, -0.1) is 0 Å². The molecule has 7 aromatic carbocycles. The van der Waals surface area contributed by atoms with Crippen LogP contribution in [0.3, 0.4) is 0 Å². The molecule has 2 aromatic heterocycles. The van der Waals surface area contributed by atoms with E-state index < -0.39 is 0 Å². The molecule has 52 heavy (non-hydrogen) atoms. The summed E-state index contributed by atoms with van der Waals surface area (Å²) < 4.78 is 4.88. The van der Waals surface area contributed by atoms with Crippen LogP contribution in [0.5, 0.6) is 0 Å². The Bertz CT molecular complexity index is 2940. The Hall–Kier alpha value is -6.19. The van der Waals surface area contributed by atoms with Crippen molar-refractivity contribution in [1.29, 1.82) is 0 Å². The molecule has 3 heteroatoms. The van der Waals surface area contributed by atoms with Gasteiger partial charge in [-0.1, -0.05) is 131 Å². The standard InChI is InChI=1S/C49H37N3/c1-48(2)39-19-11-9-17-37(39)43-40(48)29-28-35-36-27-26-34-33-16-8-10-18-38(33)49(3,4)44(34)46(36)52(45(35)43)32-24-22-30(23-25-32)47-50-41-20-12-13-21-42(41)51(47)31-14-6-5-7-15-31/h5-29H,1-4H3. The molecule has 0 bridgehead atoms. The molecule has 0 amide bonds. The fourth-order valence-corrected chi connectivity index (χ4v) is 9.71. The first-order chi connectivity index (χ1) is 25.3. The van der Waals surface area contributed by atoms with Gasteiger partial charge in [-0.3, -0.25) is 4.57 Å². The number of hydrogen-bond donors (Lipinski definition) is 0. The van der Waals surface area contributed by atoms with Crippen LogP contribution in [0.4, 0.5) is 0 Å². The number of rotatable bonds is 3. The molecule has 2 aliphatic carbocycles. The number of benzene rings is 7. The molecule has 0 fully saturated rings. The lowest BCUT2D eigenvalue weighted by Crippen LogP contribution is -2.16. The summed E-state index contributed by atoms with van der Waals surface area (Å²) >= 11 is 0. The summed E-state index contributed by atoms with van der Waals surface area (Å²) in [6.45, 7) is 9.56. The molecule has 0 unspecified atom stereocenters. The molecule has 11 rings (SSSR count). The van der Waals surface area contributed by atoms with Gasteiger partial charge >= 0.3 is 0 Å². The third-order valence-corrected chi connectivity index (χ3v) is 12.1. The number of imidazole rings is 1. The average Bonchev–Trinajstić information content (AvgIpc) is 3.86. The Kier molecular flexibility index (Phi) is 5.79. The highest BCUT2D eigenvalue weighted by atomic mass is 15.1. The zero-order chi connectivity index (χ0) is 34.9. The minimum Gasteiger partial charge on any atom is -0.308 e. The summed E-state index contributed by atoms with van der Waals surface area (Å²) in [4.78, 5) is 5.19. The highest BCUT2D eigenvalue weighted by Crippen LogP contribution is 2.56. The van der Waals surface area contributed by atoms with Crippen molar-refractivity contribution < 1.29 is 0 Å². The van der Waals surface area contributed by atoms with Crippen molar-refractivity contribution >= 4 is 32.8 Å². The van der Waals surface area contributed by atoms with E-state index in [-0.39, 0.29) is 10.8 Å². The van der Waals surface area contributed by atoms with Gasteiger partial charge in [0.15, 0.2) is 0 Å². The van der Waals surface area contributed by atoms with Gasteiger partial charge in [0, 0.05) is 44.1 Å². The van der Waals surface area contributed by atoms with Crippen molar-refractivity contribution in [3.63, 3.8) is 0 Å². The Morgan fingerprint density at radius 1 is 0.442 bits per heavy atom. The predicted molar refractivity (Wildman–Crippen MR) is 216 cm³/mol. The van der Waals surface area contributed by atoms with Gasteiger partial charge in [-0.2, -0.15) is 0 Å². The van der Waals surface area contributed by atoms with Crippen LogP contribution in [0.15, 0.2) is 152 Å². The fourth-order valence-electron chi connectivity index (χ4n) is 9.71. The third kappa shape index (κ3) is 3.73. The Morgan fingerprint density at radius 3 is 1.85 bits per heavy atom. The van der Waals surface area contributed by atoms with Crippen LogP contribution in [0, 0.1) is 0 Å². The molecule has 0 spiro atoms. The normalized spacial score (nSPS) is 14.8. The lowest BCUT2D eigenvalue weighted by atomic mass is 9.81. The van der Waals surface area contributed by atoms with E-state index in [2.05, 4.69) is 188 Å². The van der Waals surface area contributed by atoms with E-state index in [1.165, 1.54) is 66.3 Å². The second-order valence-corrected chi connectivity index (χ2v) is 15.6. The molecule has 0 saturated carbocycles. The molecule has 3 nitrogen and oxygen atoms in total. The number of aromatic nitrogens is 3. The molecule has 0 atom stereocenters. The molecule has 0 saturated heterocycles. The largest absolute Gasteiger partial charge is 0.308 e. The summed E-state index contributed by atoms with van der Waals surface area (Å²) in [5.74, 6) is 0.940. The maximum Gasteiger partial charge on any atom is 0.145 e. The van der Waals surface area contributed by atoms with Gasteiger partial charge < -0.3 is 4.57 Å². The number of fused-ring (bicyclic) bond motifs is 12. The van der Waals surface area contributed by atoms with E-state index in [4.69, 9.17) is 4.98 Å². The van der Waals surface area contributed by atoms with Crippen molar-refractivity contribution in [2.75, 3.05) is 0 Å². The maximum atomic E-state index is 5.19. The number of hydrogen-bond acceptors (Lipinski definition) is 1. The second-order valence-electron chi connectivity index (χ2n) is 15.6. The summed E-state index contributed by atoms with van der Waals surface area (Å²) in [7, 11) is 0. The highest BCUT2D eigenvalue weighted by Gasteiger charge is 2.41. The van der Waals surface area contributed by atoms with Crippen LogP contribution in [-0.4, -0.2) is 14.1 Å². The van der Waals surface area contributed by atoms with Crippen molar-refractivity contribution in [3.05, 3.63) is 174 Å². The molecule has 0 N–H and O–H groups in total. The van der Waals surface area contributed by atoms with E-state index in [1.54, 1.807) is 0 Å². The van der Waals surface area contributed by atoms with Crippen molar-refractivity contribution in [2.45, 2.75) is 38.5 Å².